The van der Waals surface area contributed by atoms with Gasteiger partial charge in [0.25, 0.3) is 5.91 Å². The smallest absolute Gasteiger partial charge is 0.275 e. The van der Waals surface area contributed by atoms with Gasteiger partial charge in [0.2, 0.25) is 0 Å². The fourth-order valence-corrected chi connectivity index (χ4v) is 3.82. The minimum atomic E-state index is -0.00256. The van der Waals surface area contributed by atoms with Crippen LogP contribution in [0.1, 0.15) is 23.3 Å². The molecule has 0 radical (unpaired) electrons. The van der Waals surface area contributed by atoms with E-state index in [9.17, 15) is 4.79 Å². The first kappa shape index (κ1) is 16.8. The molecule has 1 amide bonds. The molecule has 23 heavy (non-hydrogen) atoms. The lowest BCUT2D eigenvalue weighted by molar-refractivity contribution is -0.0724. The number of hydrogen-bond acceptors (Lipinski definition) is 7. The molecule has 3 heterocycles. The lowest BCUT2D eigenvalue weighted by Crippen LogP contribution is -2.52. The molecule has 2 fully saturated rings. The van der Waals surface area contributed by atoms with Crippen molar-refractivity contribution >= 4 is 17.4 Å². The molecule has 0 saturated carbocycles. The van der Waals surface area contributed by atoms with Gasteiger partial charge in [0, 0.05) is 44.1 Å². The predicted octanol–water partition coefficient (Wildman–Crippen LogP) is 0.405. The maximum absolute atomic E-state index is 12.5. The Balaban J connectivity index is 1.63. The minimum absolute atomic E-state index is 0.00256. The fraction of sp³-hybridized carbons (Fsp3) is 0.800. The normalized spacial score (nSPS) is 26.1. The van der Waals surface area contributed by atoms with Gasteiger partial charge in [-0.15, -0.1) is 5.10 Å². The number of ether oxygens (including phenoxy) is 1. The molecule has 0 aromatic carbocycles. The summed E-state index contributed by atoms with van der Waals surface area (Å²) in [7, 11) is 4.21. The molecule has 7 nitrogen and oxygen atoms in total. The Morgan fingerprint density at radius 1 is 1.39 bits per heavy atom. The summed E-state index contributed by atoms with van der Waals surface area (Å²) in [5, 5.41) is 5.63. The van der Waals surface area contributed by atoms with Crippen LogP contribution in [-0.4, -0.2) is 95.8 Å². The number of morpholine rings is 1. The number of nitrogens with zero attached hydrogens (tertiary/aromatic N) is 5. The maximum Gasteiger partial charge on any atom is 0.275 e. The van der Waals surface area contributed by atoms with Gasteiger partial charge in [-0.2, -0.15) is 0 Å². The van der Waals surface area contributed by atoms with Gasteiger partial charge >= 0.3 is 0 Å². The molecule has 0 spiro atoms. The van der Waals surface area contributed by atoms with E-state index in [2.05, 4.69) is 33.5 Å². The van der Waals surface area contributed by atoms with E-state index in [0.717, 1.165) is 52.2 Å². The average molecular weight is 339 g/mol. The summed E-state index contributed by atoms with van der Waals surface area (Å²) in [4.78, 5) is 19.1. The van der Waals surface area contributed by atoms with Crippen LogP contribution in [0.25, 0.3) is 0 Å². The molecule has 2 aliphatic heterocycles. The van der Waals surface area contributed by atoms with Crippen LogP contribution in [0.3, 0.4) is 0 Å². The number of aromatic nitrogens is 2. The first-order valence-electron chi connectivity index (χ1n) is 8.22. The van der Waals surface area contributed by atoms with Crippen molar-refractivity contribution in [2.24, 2.45) is 0 Å². The second-order valence-electron chi connectivity index (χ2n) is 6.48. The number of likely N-dealkylation sites (N-methyl/N-ethyl adjacent to an activating group) is 1. The van der Waals surface area contributed by atoms with E-state index >= 15 is 0 Å². The summed E-state index contributed by atoms with van der Waals surface area (Å²) in [6.45, 7) is 5.38. The van der Waals surface area contributed by atoms with Crippen LogP contribution in [-0.2, 0) is 4.74 Å². The Labute approximate surface area is 141 Å². The standard InChI is InChI=1S/C15H25N5O2S/c1-18(2)7-8-19-9-10-22-14-4-6-20(5-3-13(14)19)15(21)12-11-23-17-16-12/h11,13-14H,3-10H2,1-2H3. The number of carbonyl (C=O) groups is 1. The average Bonchev–Trinajstić information content (AvgIpc) is 2.99. The zero-order valence-corrected chi connectivity index (χ0v) is 14.7. The Bertz CT molecular complexity index is 510. The van der Waals surface area contributed by atoms with Gasteiger partial charge in [0.1, 0.15) is 0 Å². The van der Waals surface area contributed by atoms with Gasteiger partial charge < -0.3 is 14.5 Å². The van der Waals surface area contributed by atoms with Crippen molar-refractivity contribution in [1.29, 1.82) is 0 Å². The van der Waals surface area contributed by atoms with Gasteiger partial charge in [-0.05, 0) is 38.5 Å². The Hall–Kier alpha value is -1.09. The van der Waals surface area contributed by atoms with Gasteiger partial charge in [0.15, 0.2) is 5.69 Å². The summed E-state index contributed by atoms with van der Waals surface area (Å²) >= 11 is 1.22. The molecular formula is C15H25N5O2S. The van der Waals surface area contributed by atoms with E-state index in [0.29, 0.717) is 11.7 Å². The summed E-state index contributed by atoms with van der Waals surface area (Å²) in [6, 6.07) is 0.412. The van der Waals surface area contributed by atoms with Crippen LogP contribution in [0.4, 0.5) is 0 Å². The number of amides is 1. The SMILES string of the molecule is CN(C)CCN1CCOC2CCN(C(=O)c3csnn3)CCC21. The van der Waals surface area contributed by atoms with Crippen LogP contribution in [0.5, 0.6) is 0 Å². The number of likely N-dealkylation sites (tertiary alicyclic amines) is 1. The molecule has 1 aromatic heterocycles. The number of carbonyl (C=O) groups excluding carboxylic acids is 1. The number of hydrogen-bond donors (Lipinski definition) is 0. The van der Waals surface area contributed by atoms with E-state index in [1.807, 2.05) is 4.90 Å². The fourth-order valence-electron chi connectivity index (χ4n) is 3.39. The Kier molecular flexibility index (Phi) is 5.58. The first-order valence-corrected chi connectivity index (χ1v) is 9.05. The van der Waals surface area contributed by atoms with Gasteiger partial charge in [0.05, 0.1) is 12.7 Å². The molecule has 0 bridgehead atoms. The predicted molar refractivity (Wildman–Crippen MR) is 88.7 cm³/mol. The van der Waals surface area contributed by atoms with Crippen molar-refractivity contribution in [3.05, 3.63) is 11.1 Å². The lowest BCUT2D eigenvalue weighted by atomic mass is 10.0. The van der Waals surface area contributed by atoms with E-state index in [1.165, 1.54) is 11.5 Å². The van der Waals surface area contributed by atoms with E-state index < -0.39 is 0 Å². The maximum atomic E-state index is 12.5. The third kappa shape index (κ3) is 4.06. The van der Waals surface area contributed by atoms with Crippen molar-refractivity contribution in [2.45, 2.75) is 25.0 Å². The van der Waals surface area contributed by atoms with Crippen molar-refractivity contribution < 1.29 is 9.53 Å². The molecule has 1 aromatic rings. The highest BCUT2D eigenvalue weighted by Crippen LogP contribution is 2.24. The van der Waals surface area contributed by atoms with Gasteiger partial charge in [-0.3, -0.25) is 9.69 Å². The molecule has 0 aliphatic carbocycles. The lowest BCUT2D eigenvalue weighted by Gasteiger charge is -2.40. The minimum Gasteiger partial charge on any atom is -0.375 e. The molecule has 2 aliphatic rings. The van der Waals surface area contributed by atoms with Crippen LogP contribution in [0.15, 0.2) is 5.38 Å². The highest BCUT2D eigenvalue weighted by molar-refractivity contribution is 7.03. The summed E-state index contributed by atoms with van der Waals surface area (Å²) in [6.07, 6.45) is 2.09. The summed E-state index contributed by atoms with van der Waals surface area (Å²) in [5.74, 6) is -0.00256. The Morgan fingerprint density at radius 3 is 2.96 bits per heavy atom. The van der Waals surface area contributed by atoms with Crippen molar-refractivity contribution in [1.82, 2.24) is 24.3 Å². The van der Waals surface area contributed by atoms with Crippen molar-refractivity contribution in [3.8, 4) is 0 Å². The second kappa shape index (κ2) is 7.65. The third-order valence-electron chi connectivity index (χ3n) is 4.69. The van der Waals surface area contributed by atoms with Gasteiger partial charge in [-0.25, -0.2) is 0 Å². The van der Waals surface area contributed by atoms with Crippen LogP contribution in [0, 0.1) is 0 Å². The zero-order valence-electron chi connectivity index (χ0n) is 13.8. The molecule has 0 N–H and O–H groups in total. The molecule has 128 valence electrons. The molecule has 2 saturated heterocycles. The first-order chi connectivity index (χ1) is 11.1. The third-order valence-corrected chi connectivity index (χ3v) is 5.19. The monoisotopic (exact) mass is 339 g/mol. The zero-order chi connectivity index (χ0) is 16.2. The molecule has 3 rings (SSSR count). The van der Waals surface area contributed by atoms with E-state index in [1.54, 1.807) is 5.38 Å². The molecular weight excluding hydrogens is 314 g/mol. The molecule has 2 atom stereocenters. The van der Waals surface area contributed by atoms with Crippen LogP contribution >= 0.6 is 11.5 Å². The largest absolute Gasteiger partial charge is 0.375 e. The molecule has 8 heteroatoms. The second-order valence-corrected chi connectivity index (χ2v) is 7.09. The highest BCUT2D eigenvalue weighted by Gasteiger charge is 2.35. The number of fused-ring (bicyclic) bond motifs is 1. The van der Waals surface area contributed by atoms with E-state index in [4.69, 9.17) is 4.74 Å². The summed E-state index contributed by atoms with van der Waals surface area (Å²) in [5.41, 5.74) is 0.463. The quantitative estimate of drug-likeness (QED) is 0.792. The van der Waals surface area contributed by atoms with E-state index in [-0.39, 0.29) is 12.0 Å². The summed E-state index contributed by atoms with van der Waals surface area (Å²) < 4.78 is 9.79. The molecule has 2 unspecified atom stereocenters. The van der Waals surface area contributed by atoms with Gasteiger partial charge in [-0.1, -0.05) is 4.49 Å². The van der Waals surface area contributed by atoms with Crippen molar-refractivity contribution in [2.75, 3.05) is 53.4 Å². The van der Waals surface area contributed by atoms with Crippen molar-refractivity contribution in [3.63, 3.8) is 0 Å². The van der Waals surface area contributed by atoms with Crippen LogP contribution in [0.2, 0.25) is 0 Å². The highest BCUT2D eigenvalue weighted by atomic mass is 32.1. The Morgan fingerprint density at radius 2 is 2.22 bits per heavy atom. The topological polar surface area (TPSA) is 61.8 Å². The van der Waals surface area contributed by atoms with Crippen LogP contribution < -0.4 is 0 Å². The number of rotatable bonds is 4.